The van der Waals surface area contributed by atoms with Crippen molar-refractivity contribution in [1.29, 1.82) is 0 Å². The highest BCUT2D eigenvalue weighted by atomic mass is 79.9. The quantitative estimate of drug-likeness (QED) is 0.210. The van der Waals surface area contributed by atoms with Crippen LogP contribution in [0.3, 0.4) is 0 Å². The predicted octanol–water partition coefficient (Wildman–Crippen LogP) is 5.46. The van der Waals surface area contributed by atoms with Crippen molar-refractivity contribution in [2.24, 2.45) is 5.10 Å². The molecule has 4 aromatic carbocycles. The van der Waals surface area contributed by atoms with Crippen molar-refractivity contribution in [2.75, 3.05) is 7.11 Å². The summed E-state index contributed by atoms with van der Waals surface area (Å²) in [7, 11) is 1.57. The minimum absolute atomic E-state index is 0.358. The van der Waals surface area contributed by atoms with E-state index in [0.29, 0.717) is 33.7 Å². The zero-order chi connectivity index (χ0) is 26.2. The van der Waals surface area contributed by atoms with Gasteiger partial charge in [0.05, 0.1) is 18.9 Å². The molecule has 0 aliphatic rings. The molecular weight excluding hydrogens is 534 g/mol. The molecule has 0 saturated carbocycles. The van der Waals surface area contributed by atoms with Crippen molar-refractivity contribution in [3.05, 3.63) is 106 Å². The summed E-state index contributed by atoms with van der Waals surface area (Å²) >= 11 is 3.34. The van der Waals surface area contributed by atoms with Crippen LogP contribution in [0.4, 0.5) is 0 Å². The molecule has 188 valence electrons. The maximum Gasteiger partial charge on any atom is 0.262 e. The Labute approximate surface area is 223 Å². The number of methoxy groups -OCH3 is 1. The number of ether oxygens (including phenoxy) is 2. The third kappa shape index (κ3) is 6.54. The number of amides is 2. The predicted molar refractivity (Wildman–Crippen MR) is 148 cm³/mol. The summed E-state index contributed by atoms with van der Waals surface area (Å²) in [5, 5.41) is 8.97. The first-order valence-electron chi connectivity index (χ1n) is 11.6. The zero-order valence-electron chi connectivity index (χ0n) is 20.4. The van der Waals surface area contributed by atoms with Crippen molar-refractivity contribution in [3.8, 4) is 11.5 Å². The molecule has 0 heterocycles. The maximum atomic E-state index is 12.4. The second-order valence-corrected chi connectivity index (χ2v) is 9.10. The SMILES string of the molecule is COc1cc(C=NNC(=O)C(C)NC(=O)c2ccccc2Br)ccc1OCc1cccc2ccccc12. The van der Waals surface area contributed by atoms with Gasteiger partial charge in [0, 0.05) is 4.47 Å². The fourth-order valence-corrected chi connectivity index (χ4v) is 4.17. The van der Waals surface area contributed by atoms with Gasteiger partial charge in [0.25, 0.3) is 11.8 Å². The molecule has 0 aromatic heterocycles. The largest absolute Gasteiger partial charge is 0.493 e. The van der Waals surface area contributed by atoms with Crippen LogP contribution in [0.1, 0.15) is 28.4 Å². The van der Waals surface area contributed by atoms with E-state index in [1.54, 1.807) is 44.4 Å². The summed E-state index contributed by atoms with van der Waals surface area (Å²) < 4.78 is 12.2. The first-order chi connectivity index (χ1) is 18.0. The molecule has 1 unspecified atom stereocenters. The summed E-state index contributed by atoms with van der Waals surface area (Å²) in [5.41, 5.74) is 4.68. The number of carbonyl (C=O) groups excluding carboxylic acids is 2. The Hall–Kier alpha value is -4.17. The molecule has 2 amide bonds. The zero-order valence-corrected chi connectivity index (χ0v) is 22.0. The number of fused-ring (bicyclic) bond motifs is 1. The van der Waals surface area contributed by atoms with Crippen LogP contribution in [0.15, 0.2) is 94.5 Å². The number of rotatable bonds is 9. The molecular formula is C29H26BrN3O4. The highest BCUT2D eigenvalue weighted by Crippen LogP contribution is 2.29. The molecule has 0 radical (unpaired) electrons. The van der Waals surface area contributed by atoms with Crippen LogP contribution in [0.5, 0.6) is 11.5 Å². The second kappa shape index (κ2) is 12.2. The molecule has 2 N–H and O–H groups in total. The first kappa shape index (κ1) is 25.9. The van der Waals surface area contributed by atoms with Gasteiger partial charge in [0.1, 0.15) is 12.6 Å². The number of nitrogens with zero attached hydrogens (tertiary/aromatic N) is 1. The Morgan fingerprint density at radius 3 is 2.54 bits per heavy atom. The van der Waals surface area contributed by atoms with E-state index >= 15 is 0 Å². The minimum Gasteiger partial charge on any atom is -0.493 e. The van der Waals surface area contributed by atoms with E-state index in [9.17, 15) is 9.59 Å². The van der Waals surface area contributed by atoms with Gasteiger partial charge >= 0.3 is 0 Å². The molecule has 8 heteroatoms. The molecule has 37 heavy (non-hydrogen) atoms. The molecule has 4 rings (SSSR count). The Kier molecular flexibility index (Phi) is 8.53. The Balaban J connectivity index is 1.35. The number of halogens is 1. The molecule has 0 aliphatic carbocycles. The highest BCUT2D eigenvalue weighted by molar-refractivity contribution is 9.10. The third-order valence-corrected chi connectivity index (χ3v) is 6.39. The van der Waals surface area contributed by atoms with Crippen LogP contribution in [0.25, 0.3) is 10.8 Å². The lowest BCUT2D eigenvalue weighted by Crippen LogP contribution is -2.43. The second-order valence-electron chi connectivity index (χ2n) is 8.25. The van der Waals surface area contributed by atoms with Gasteiger partial charge in [-0.3, -0.25) is 9.59 Å². The molecule has 0 bridgehead atoms. The van der Waals surface area contributed by atoms with E-state index in [2.05, 4.69) is 50.0 Å². The summed E-state index contributed by atoms with van der Waals surface area (Å²) in [4.78, 5) is 24.8. The molecule has 0 spiro atoms. The minimum atomic E-state index is -0.781. The fraction of sp³-hybridized carbons (Fsp3) is 0.138. The van der Waals surface area contributed by atoms with E-state index in [4.69, 9.17) is 9.47 Å². The standard InChI is InChI=1S/C29H26BrN3O4/c1-19(32-29(35)24-12-5-6-13-25(24)30)28(34)33-31-17-20-14-15-26(27(16-20)36-2)37-18-22-10-7-9-21-8-3-4-11-23(21)22/h3-17,19H,18H2,1-2H3,(H,32,35)(H,33,34). The molecule has 1 atom stereocenters. The molecule has 4 aromatic rings. The summed E-state index contributed by atoms with van der Waals surface area (Å²) in [6.45, 7) is 1.98. The Bertz CT molecular complexity index is 1450. The number of benzene rings is 4. The third-order valence-electron chi connectivity index (χ3n) is 5.70. The smallest absolute Gasteiger partial charge is 0.262 e. The van der Waals surface area contributed by atoms with Gasteiger partial charge in [-0.1, -0.05) is 54.6 Å². The van der Waals surface area contributed by atoms with Gasteiger partial charge in [0.2, 0.25) is 0 Å². The average molecular weight is 560 g/mol. The van der Waals surface area contributed by atoms with Crippen molar-refractivity contribution >= 4 is 44.7 Å². The van der Waals surface area contributed by atoms with Crippen LogP contribution >= 0.6 is 15.9 Å². The van der Waals surface area contributed by atoms with Crippen LogP contribution in [-0.2, 0) is 11.4 Å². The van der Waals surface area contributed by atoms with Crippen LogP contribution in [-0.4, -0.2) is 31.2 Å². The van der Waals surface area contributed by atoms with Crippen molar-refractivity contribution in [3.63, 3.8) is 0 Å². The monoisotopic (exact) mass is 559 g/mol. The number of carbonyl (C=O) groups is 2. The van der Waals surface area contributed by atoms with E-state index in [1.165, 1.54) is 6.21 Å². The molecule has 7 nitrogen and oxygen atoms in total. The topological polar surface area (TPSA) is 89.0 Å². The number of hydrazone groups is 1. The van der Waals surface area contributed by atoms with Crippen molar-refractivity contribution in [1.82, 2.24) is 10.7 Å². The fourth-order valence-electron chi connectivity index (χ4n) is 3.71. The van der Waals surface area contributed by atoms with E-state index in [0.717, 1.165) is 16.3 Å². The van der Waals surface area contributed by atoms with Crippen LogP contribution in [0, 0.1) is 0 Å². The first-order valence-corrected chi connectivity index (χ1v) is 12.4. The summed E-state index contributed by atoms with van der Waals surface area (Å²) in [6.07, 6.45) is 1.50. The van der Waals surface area contributed by atoms with Gasteiger partial charge in [-0.15, -0.1) is 0 Å². The summed E-state index contributed by atoms with van der Waals surface area (Å²) in [6, 6.07) is 25.9. The van der Waals surface area contributed by atoms with Gasteiger partial charge in [-0.2, -0.15) is 5.10 Å². The summed E-state index contributed by atoms with van der Waals surface area (Å²) in [5.74, 6) is 0.339. The normalized spacial score (nSPS) is 11.8. The van der Waals surface area contributed by atoms with Crippen LogP contribution in [0.2, 0.25) is 0 Å². The number of nitrogens with one attached hydrogen (secondary N) is 2. The van der Waals surface area contributed by atoms with Gasteiger partial charge in [-0.25, -0.2) is 5.43 Å². The van der Waals surface area contributed by atoms with Crippen molar-refractivity contribution in [2.45, 2.75) is 19.6 Å². The van der Waals surface area contributed by atoms with Gasteiger partial charge < -0.3 is 14.8 Å². The Morgan fingerprint density at radius 1 is 0.973 bits per heavy atom. The average Bonchev–Trinajstić information content (AvgIpc) is 2.92. The van der Waals surface area contributed by atoms with Gasteiger partial charge in [0.15, 0.2) is 11.5 Å². The maximum absolute atomic E-state index is 12.4. The van der Waals surface area contributed by atoms with E-state index in [1.807, 2.05) is 36.4 Å². The highest BCUT2D eigenvalue weighted by Gasteiger charge is 2.17. The lowest BCUT2D eigenvalue weighted by Gasteiger charge is -2.13. The van der Waals surface area contributed by atoms with E-state index in [-0.39, 0.29) is 5.91 Å². The van der Waals surface area contributed by atoms with Gasteiger partial charge in [-0.05, 0) is 75.1 Å². The lowest BCUT2D eigenvalue weighted by atomic mass is 10.1. The van der Waals surface area contributed by atoms with Crippen molar-refractivity contribution < 1.29 is 19.1 Å². The number of hydrogen-bond donors (Lipinski definition) is 2. The molecule has 0 saturated heterocycles. The van der Waals surface area contributed by atoms with Crippen LogP contribution < -0.4 is 20.2 Å². The molecule has 0 aliphatic heterocycles. The molecule has 0 fully saturated rings. The Morgan fingerprint density at radius 2 is 1.73 bits per heavy atom. The lowest BCUT2D eigenvalue weighted by molar-refractivity contribution is -0.122. The van der Waals surface area contributed by atoms with E-state index < -0.39 is 11.9 Å². The number of hydrogen-bond acceptors (Lipinski definition) is 5.